The Kier molecular flexibility index (Phi) is 10.7. The van der Waals surface area contributed by atoms with E-state index in [1.54, 1.807) is 21.1 Å². The number of aromatic nitrogens is 1. The Bertz CT molecular complexity index is 1530. The first-order valence-corrected chi connectivity index (χ1v) is 20.3. The van der Waals surface area contributed by atoms with Crippen molar-refractivity contribution in [2.24, 2.45) is 11.8 Å². The minimum Gasteiger partial charge on any atom is -0.496 e. The summed E-state index contributed by atoms with van der Waals surface area (Å²) in [6.45, 7) is 17.4. The number of hydrogen-bond acceptors (Lipinski definition) is 4. The number of fused-ring (bicyclic) bond motifs is 1. The lowest BCUT2D eigenvalue weighted by Crippen LogP contribution is -2.43. The van der Waals surface area contributed by atoms with Crippen LogP contribution in [0.3, 0.4) is 0 Å². The SMILES string of the molecule is COc1cc([C@@H](O[Si](C)(C)C(C)(C)C)[C@@H](CC2Cc3ccccc3C2)Cn2ccc(C(C)=C(C)P(=O)(O)O)c2)cc(OC)c1C. The molecule has 0 saturated heterocycles. The highest BCUT2D eigenvalue weighted by Crippen LogP contribution is 2.49. The summed E-state index contributed by atoms with van der Waals surface area (Å²) in [7, 11) is -3.19. The maximum Gasteiger partial charge on any atom is 0.352 e. The molecule has 0 fully saturated rings. The molecule has 2 aromatic carbocycles. The Morgan fingerprint density at radius 2 is 1.58 bits per heavy atom. The number of hydrogen-bond donors (Lipinski definition) is 2. The van der Waals surface area contributed by atoms with Gasteiger partial charge in [-0.25, -0.2) is 0 Å². The topological polar surface area (TPSA) is 90.2 Å². The summed E-state index contributed by atoms with van der Waals surface area (Å²) in [6, 6.07) is 14.9. The van der Waals surface area contributed by atoms with E-state index >= 15 is 0 Å². The molecule has 1 aromatic heterocycles. The lowest BCUT2D eigenvalue weighted by atomic mass is 9.85. The van der Waals surface area contributed by atoms with Crippen molar-refractivity contribution >= 4 is 21.5 Å². The highest BCUT2D eigenvalue weighted by Gasteiger charge is 2.42. The zero-order valence-corrected chi connectivity index (χ0v) is 30.6. The average Bonchev–Trinajstić information content (AvgIpc) is 3.60. The van der Waals surface area contributed by atoms with E-state index in [1.807, 2.05) is 25.4 Å². The van der Waals surface area contributed by atoms with Crippen LogP contribution in [0.15, 0.2) is 60.2 Å². The predicted molar refractivity (Wildman–Crippen MR) is 185 cm³/mol. The van der Waals surface area contributed by atoms with Crippen LogP contribution < -0.4 is 9.47 Å². The minimum absolute atomic E-state index is 0.000839. The molecule has 9 heteroatoms. The van der Waals surface area contributed by atoms with E-state index in [4.69, 9.17) is 13.9 Å². The molecule has 246 valence electrons. The number of methoxy groups -OCH3 is 2. The van der Waals surface area contributed by atoms with Crippen molar-refractivity contribution in [1.29, 1.82) is 0 Å². The van der Waals surface area contributed by atoms with Crippen LogP contribution >= 0.6 is 7.60 Å². The average molecular weight is 654 g/mol. The molecule has 0 aliphatic heterocycles. The molecule has 2 atom stereocenters. The molecule has 2 N–H and O–H groups in total. The number of allylic oxidation sites excluding steroid dienone is 2. The molecule has 0 saturated carbocycles. The summed E-state index contributed by atoms with van der Waals surface area (Å²) < 4.78 is 33.2. The van der Waals surface area contributed by atoms with Crippen molar-refractivity contribution in [3.63, 3.8) is 0 Å². The highest BCUT2D eigenvalue weighted by molar-refractivity contribution is 7.56. The molecule has 0 unspecified atom stereocenters. The maximum atomic E-state index is 12.0. The van der Waals surface area contributed by atoms with Crippen LogP contribution in [0, 0.1) is 18.8 Å². The van der Waals surface area contributed by atoms with Crippen molar-refractivity contribution in [1.82, 2.24) is 4.57 Å². The van der Waals surface area contributed by atoms with Crippen molar-refractivity contribution in [2.45, 2.75) is 91.6 Å². The van der Waals surface area contributed by atoms with Gasteiger partial charge < -0.3 is 28.3 Å². The monoisotopic (exact) mass is 653 g/mol. The Morgan fingerprint density at radius 1 is 1.02 bits per heavy atom. The third kappa shape index (κ3) is 8.04. The van der Waals surface area contributed by atoms with Gasteiger partial charge in [0.25, 0.3) is 0 Å². The molecule has 7 nitrogen and oxygen atoms in total. The zero-order valence-electron chi connectivity index (χ0n) is 28.7. The molecule has 0 bridgehead atoms. The van der Waals surface area contributed by atoms with E-state index in [-0.39, 0.29) is 22.4 Å². The summed E-state index contributed by atoms with van der Waals surface area (Å²) in [6.07, 6.45) is 6.83. The van der Waals surface area contributed by atoms with E-state index in [1.165, 1.54) is 18.1 Å². The first-order chi connectivity index (χ1) is 20.9. The first kappa shape index (κ1) is 35.2. The van der Waals surface area contributed by atoms with Crippen molar-refractivity contribution in [2.75, 3.05) is 14.2 Å². The fourth-order valence-corrected chi connectivity index (χ4v) is 8.10. The fraction of sp³-hybridized carbons (Fsp3) is 0.500. The molecule has 0 amide bonds. The number of rotatable bonds is 12. The number of nitrogens with zero attached hydrogens (tertiary/aromatic N) is 1. The fourth-order valence-electron chi connectivity index (χ4n) is 6.21. The van der Waals surface area contributed by atoms with Crippen LogP contribution in [0.2, 0.25) is 18.1 Å². The molecule has 0 radical (unpaired) electrons. The van der Waals surface area contributed by atoms with E-state index in [2.05, 4.69) is 74.8 Å². The molecule has 4 rings (SSSR count). The minimum atomic E-state index is -4.33. The van der Waals surface area contributed by atoms with Crippen LogP contribution in [-0.2, 0) is 28.4 Å². The normalized spacial score (nSPS) is 16.3. The molecule has 0 spiro atoms. The Labute approximate surface area is 270 Å². The largest absolute Gasteiger partial charge is 0.496 e. The van der Waals surface area contributed by atoms with Crippen LogP contribution in [0.5, 0.6) is 11.5 Å². The second-order valence-electron chi connectivity index (χ2n) is 14.2. The Morgan fingerprint density at radius 3 is 2.07 bits per heavy atom. The second-order valence-corrected chi connectivity index (χ2v) is 20.8. The van der Waals surface area contributed by atoms with E-state index < -0.39 is 15.9 Å². The lowest BCUT2D eigenvalue weighted by molar-refractivity contribution is 0.0904. The maximum absolute atomic E-state index is 12.0. The van der Waals surface area contributed by atoms with Gasteiger partial charge in [0.2, 0.25) is 0 Å². The quantitative estimate of drug-likeness (QED) is 0.150. The van der Waals surface area contributed by atoms with Gasteiger partial charge in [-0.3, -0.25) is 4.57 Å². The standard InChI is InChI=1S/C36H52NO6PSi/c1-24(26(3)44(38,39)40)30-15-16-37(22-30)23-32(19-27-17-28-13-11-12-14-29(28)18-27)35(43-45(9,10)36(4,5)6)31-20-33(41-7)25(2)34(21-31)42-8/h11-16,20-22,27,32,35H,17-19,23H2,1-10H3,(H2,38,39,40)/t32-,35+/m0/s1. The van der Waals surface area contributed by atoms with Crippen LogP contribution in [0.4, 0.5) is 0 Å². The summed E-state index contributed by atoms with van der Waals surface area (Å²) in [5.74, 6) is 2.12. The van der Waals surface area contributed by atoms with Crippen molar-refractivity contribution in [3.05, 3.63) is 88.0 Å². The van der Waals surface area contributed by atoms with Gasteiger partial charge in [0.15, 0.2) is 8.32 Å². The van der Waals surface area contributed by atoms with Gasteiger partial charge in [-0.15, -0.1) is 0 Å². The highest BCUT2D eigenvalue weighted by atomic mass is 31.2. The molecular weight excluding hydrogens is 601 g/mol. The van der Waals surface area contributed by atoms with Crippen molar-refractivity contribution < 1.29 is 28.3 Å². The zero-order chi connectivity index (χ0) is 33.3. The summed E-state index contributed by atoms with van der Waals surface area (Å²) in [5.41, 5.74) is 6.27. The third-order valence-corrected chi connectivity index (χ3v) is 15.8. The first-order valence-electron chi connectivity index (χ1n) is 15.8. The summed E-state index contributed by atoms with van der Waals surface area (Å²) >= 11 is 0. The van der Waals surface area contributed by atoms with Gasteiger partial charge in [-0.1, -0.05) is 45.0 Å². The summed E-state index contributed by atoms with van der Waals surface area (Å²) in [5, 5.41) is 0.0967. The predicted octanol–water partition coefficient (Wildman–Crippen LogP) is 8.93. The van der Waals surface area contributed by atoms with Gasteiger partial charge in [0.1, 0.15) is 11.5 Å². The molecule has 45 heavy (non-hydrogen) atoms. The van der Waals surface area contributed by atoms with Gasteiger partial charge >= 0.3 is 7.60 Å². The van der Waals surface area contributed by atoms with Gasteiger partial charge in [-0.05, 0) is 110 Å². The smallest absolute Gasteiger partial charge is 0.352 e. The van der Waals surface area contributed by atoms with Crippen LogP contribution in [0.1, 0.15) is 75.0 Å². The van der Waals surface area contributed by atoms with E-state index in [9.17, 15) is 14.4 Å². The molecule has 1 aliphatic rings. The van der Waals surface area contributed by atoms with E-state index in [0.29, 0.717) is 18.0 Å². The number of benzene rings is 2. The lowest BCUT2D eigenvalue weighted by Gasteiger charge is -2.42. The molecular formula is C36H52NO6PSi. The molecule has 1 heterocycles. The van der Waals surface area contributed by atoms with Crippen LogP contribution in [0.25, 0.3) is 5.57 Å². The number of ether oxygens (including phenoxy) is 2. The second kappa shape index (κ2) is 13.6. The Hall–Kier alpha value is -2.61. The van der Waals surface area contributed by atoms with Gasteiger partial charge in [0.05, 0.1) is 20.3 Å². The van der Waals surface area contributed by atoms with Crippen LogP contribution in [-0.4, -0.2) is 36.9 Å². The van der Waals surface area contributed by atoms with Gasteiger partial charge in [0, 0.05) is 35.7 Å². The summed E-state index contributed by atoms with van der Waals surface area (Å²) in [4.78, 5) is 19.6. The van der Waals surface area contributed by atoms with Gasteiger partial charge in [-0.2, -0.15) is 0 Å². The Balaban J connectivity index is 1.82. The molecule has 1 aliphatic carbocycles. The molecule has 3 aromatic rings. The third-order valence-electron chi connectivity index (χ3n) is 10.1. The van der Waals surface area contributed by atoms with E-state index in [0.717, 1.165) is 47.5 Å². The van der Waals surface area contributed by atoms with Crippen molar-refractivity contribution in [3.8, 4) is 11.5 Å².